The molecule has 1 aromatic heterocycles. The van der Waals surface area contributed by atoms with Crippen molar-refractivity contribution in [2.75, 3.05) is 0 Å². The Hall–Kier alpha value is -1.81. The number of nitrogens with one attached hydrogen (secondary N) is 2. The Labute approximate surface area is 125 Å². The number of amides is 1. The van der Waals surface area contributed by atoms with Gasteiger partial charge in [0.25, 0.3) is 0 Å². The molecule has 1 fully saturated rings. The highest BCUT2D eigenvalue weighted by molar-refractivity contribution is 5.86. The number of nitrogens with two attached hydrogens (primary N) is 1. The van der Waals surface area contributed by atoms with Gasteiger partial charge >= 0.3 is 0 Å². The van der Waals surface area contributed by atoms with Crippen molar-refractivity contribution in [2.24, 2.45) is 11.7 Å². The van der Waals surface area contributed by atoms with E-state index in [0.717, 1.165) is 16.5 Å². The average Bonchev–Trinajstić information content (AvgIpc) is 2.80. The Kier molecular flexibility index (Phi) is 3.97. The molecule has 1 aliphatic carbocycles. The molecule has 112 valence electrons. The summed E-state index contributed by atoms with van der Waals surface area (Å²) in [6.07, 6.45) is 6.24. The van der Waals surface area contributed by atoms with Crippen LogP contribution in [-0.2, 0) is 11.2 Å². The molecule has 3 rings (SSSR count). The highest BCUT2D eigenvalue weighted by atomic mass is 16.2. The second kappa shape index (κ2) is 5.90. The summed E-state index contributed by atoms with van der Waals surface area (Å²) in [6.45, 7) is 2.08. The van der Waals surface area contributed by atoms with Crippen molar-refractivity contribution in [3.8, 4) is 0 Å². The zero-order chi connectivity index (χ0) is 14.8. The average molecular weight is 285 g/mol. The van der Waals surface area contributed by atoms with E-state index < -0.39 is 6.04 Å². The lowest BCUT2D eigenvalue weighted by molar-refractivity contribution is -0.123. The maximum atomic E-state index is 12.2. The summed E-state index contributed by atoms with van der Waals surface area (Å²) < 4.78 is 0. The van der Waals surface area contributed by atoms with Crippen molar-refractivity contribution < 1.29 is 4.79 Å². The number of fused-ring (bicyclic) bond motifs is 1. The van der Waals surface area contributed by atoms with Crippen LogP contribution >= 0.6 is 0 Å². The van der Waals surface area contributed by atoms with Gasteiger partial charge in [0.1, 0.15) is 0 Å². The van der Waals surface area contributed by atoms with E-state index in [1.807, 2.05) is 24.4 Å². The quantitative estimate of drug-likeness (QED) is 0.789. The zero-order valence-corrected chi connectivity index (χ0v) is 12.4. The third-order valence-corrected chi connectivity index (χ3v) is 4.68. The minimum atomic E-state index is -0.494. The summed E-state index contributed by atoms with van der Waals surface area (Å²) in [5.41, 5.74) is 8.27. The van der Waals surface area contributed by atoms with Crippen LogP contribution in [0.4, 0.5) is 0 Å². The largest absolute Gasteiger partial charge is 0.361 e. The fourth-order valence-corrected chi connectivity index (χ4v) is 3.02. The predicted octanol–water partition coefficient (Wildman–Crippen LogP) is 2.34. The number of hydrogen-bond acceptors (Lipinski definition) is 2. The molecule has 2 unspecified atom stereocenters. The molecule has 1 amide bonds. The molecule has 4 N–H and O–H groups in total. The molecule has 0 saturated heterocycles. The summed E-state index contributed by atoms with van der Waals surface area (Å²) in [5.74, 6) is 0.592. The molecule has 0 spiro atoms. The maximum Gasteiger partial charge on any atom is 0.237 e. The number of aromatic amines is 1. The standard InChI is InChI=1S/C17H23N3O/c1-11(12-5-4-6-12)20-17(21)15(18)9-13-10-19-16-8-3-2-7-14(13)16/h2-3,7-8,10-12,15,19H,4-6,9,18H2,1H3,(H,20,21). The molecule has 1 aliphatic rings. The van der Waals surface area contributed by atoms with Crippen molar-refractivity contribution in [3.63, 3.8) is 0 Å². The van der Waals surface area contributed by atoms with Crippen LogP contribution in [0.5, 0.6) is 0 Å². The molecule has 1 aromatic carbocycles. The number of benzene rings is 1. The van der Waals surface area contributed by atoms with Gasteiger partial charge < -0.3 is 16.0 Å². The minimum Gasteiger partial charge on any atom is -0.361 e. The van der Waals surface area contributed by atoms with Gasteiger partial charge in [-0.1, -0.05) is 24.6 Å². The molecule has 4 heteroatoms. The predicted molar refractivity (Wildman–Crippen MR) is 84.9 cm³/mol. The number of carbonyl (C=O) groups is 1. The van der Waals surface area contributed by atoms with Crippen LogP contribution in [0.1, 0.15) is 31.7 Å². The van der Waals surface area contributed by atoms with Crippen LogP contribution in [0.2, 0.25) is 0 Å². The second-order valence-electron chi connectivity index (χ2n) is 6.16. The number of para-hydroxylation sites is 1. The summed E-state index contributed by atoms with van der Waals surface area (Å²) in [6, 6.07) is 7.83. The number of aromatic nitrogens is 1. The summed E-state index contributed by atoms with van der Waals surface area (Å²) >= 11 is 0. The smallest absolute Gasteiger partial charge is 0.237 e. The fraction of sp³-hybridized carbons (Fsp3) is 0.471. The summed E-state index contributed by atoms with van der Waals surface area (Å²) in [7, 11) is 0. The van der Waals surface area contributed by atoms with Gasteiger partial charge in [0.15, 0.2) is 0 Å². The first kappa shape index (κ1) is 14.1. The van der Waals surface area contributed by atoms with Crippen LogP contribution in [0.3, 0.4) is 0 Å². The Morgan fingerprint density at radius 3 is 2.90 bits per heavy atom. The van der Waals surface area contributed by atoms with Crippen LogP contribution in [0.25, 0.3) is 10.9 Å². The van der Waals surface area contributed by atoms with Gasteiger partial charge in [0.05, 0.1) is 6.04 Å². The molecule has 4 nitrogen and oxygen atoms in total. The first-order valence-electron chi connectivity index (χ1n) is 7.76. The maximum absolute atomic E-state index is 12.2. The van der Waals surface area contributed by atoms with Gasteiger partial charge in [0, 0.05) is 23.1 Å². The van der Waals surface area contributed by atoms with Crippen LogP contribution in [0, 0.1) is 5.92 Å². The third kappa shape index (κ3) is 2.95. The van der Waals surface area contributed by atoms with Gasteiger partial charge in [-0.05, 0) is 43.7 Å². The normalized spacial score (nSPS) is 18.2. The van der Waals surface area contributed by atoms with E-state index in [4.69, 9.17) is 5.73 Å². The lowest BCUT2D eigenvalue weighted by Gasteiger charge is -2.32. The summed E-state index contributed by atoms with van der Waals surface area (Å²) in [4.78, 5) is 15.4. The minimum absolute atomic E-state index is 0.0420. The van der Waals surface area contributed by atoms with Crippen molar-refractivity contribution in [1.82, 2.24) is 10.3 Å². The molecule has 0 radical (unpaired) electrons. The van der Waals surface area contributed by atoms with Crippen molar-refractivity contribution in [3.05, 3.63) is 36.0 Å². The second-order valence-corrected chi connectivity index (χ2v) is 6.16. The van der Waals surface area contributed by atoms with Crippen molar-refractivity contribution >= 4 is 16.8 Å². The van der Waals surface area contributed by atoms with E-state index >= 15 is 0 Å². The SMILES string of the molecule is CC(NC(=O)C(N)Cc1c[nH]c2ccccc12)C1CCC1. The van der Waals surface area contributed by atoms with E-state index in [-0.39, 0.29) is 11.9 Å². The Bertz CT molecular complexity index is 630. The number of carbonyl (C=O) groups excluding carboxylic acids is 1. The van der Waals surface area contributed by atoms with E-state index in [0.29, 0.717) is 12.3 Å². The Morgan fingerprint density at radius 2 is 2.19 bits per heavy atom. The zero-order valence-electron chi connectivity index (χ0n) is 12.4. The lowest BCUT2D eigenvalue weighted by Crippen LogP contribution is -2.48. The van der Waals surface area contributed by atoms with Gasteiger partial charge in [-0.25, -0.2) is 0 Å². The van der Waals surface area contributed by atoms with Crippen LogP contribution in [0.15, 0.2) is 30.5 Å². The van der Waals surface area contributed by atoms with E-state index in [1.165, 1.54) is 19.3 Å². The Balaban J connectivity index is 1.62. The highest BCUT2D eigenvalue weighted by Gasteiger charge is 2.26. The topological polar surface area (TPSA) is 70.9 Å². The highest BCUT2D eigenvalue weighted by Crippen LogP contribution is 2.29. The first-order chi connectivity index (χ1) is 10.1. The number of rotatable bonds is 5. The van der Waals surface area contributed by atoms with Gasteiger partial charge in [-0.15, -0.1) is 0 Å². The number of hydrogen-bond donors (Lipinski definition) is 3. The van der Waals surface area contributed by atoms with Crippen molar-refractivity contribution in [1.29, 1.82) is 0 Å². The van der Waals surface area contributed by atoms with Gasteiger partial charge in [-0.2, -0.15) is 0 Å². The van der Waals surface area contributed by atoms with Gasteiger partial charge in [-0.3, -0.25) is 4.79 Å². The van der Waals surface area contributed by atoms with Crippen LogP contribution < -0.4 is 11.1 Å². The molecule has 0 bridgehead atoms. The molecular weight excluding hydrogens is 262 g/mol. The van der Waals surface area contributed by atoms with Gasteiger partial charge in [0.2, 0.25) is 5.91 Å². The Morgan fingerprint density at radius 1 is 1.43 bits per heavy atom. The fourth-order valence-electron chi connectivity index (χ4n) is 3.02. The molecule has 0 aliphatic heterocycles. The van der Waals surface area contributed by atoms with Crippen LogP contribution in [-0.4, -0.2) is 23.0 Å². The molecular formula is C17H23N3O. The lowest BCUT2D eigenvalue weighted by atomic mass is 9.80. The molecule has 21 heavy (non-hydrogen) atoms. The van der Waals surface area contributed by atoms with E-state index in [1.54, 1.807) is 0 Å². The summed E-state index contributed by atoms with van der Waals surface area (Å²) in [5, 5.41) is 4.21. The molecule has 2 atom stereocenters. The molecule has 1 saturated carbocycles. The van der Waals surface area contributed by atoms with E-state index in [9.17, 15) is 4.79 Å². The first-order valence-corrected chi connectivity index (χ1v) is 7.76. The molecule has 1 heterocycles. The monoisotopic (exact) mass is 285 g/mol. The number of H-pyrrole nitrogens is 1. The van der Waals surface area contributed by atoms with Crippen molar-refractivity contribution in [2.45, 2.75) is 44.7 Å². The third-order valence-electron chi connectivity index (χ3n) is 4.68. The van der Waals surface area contributed by atoms with E-state index in [2.05, 4.69) is 23.3 Å². The molecule has 2 aromatic rings.